The summed E-state index contributed by atoms with van der Waals surface area (Å²) in [6, 6.07) is 1.94. The summed E-state index contributed by atoms with van der Waals surface area (Å²) in [6.45, 7) is 2.89. The highest BCUT2D eigenvalue weighted by Gasteiger charge is 2.27. The Hall–Kier alpha value is -1.30. The van der Waals surface area contributed by atoms with E-state index < -0.39 is 0 Å². The van der Waals surface area contributed by atoms with Crippen molar-refractivity contribution in [3.05, 3.63) is 11.9 Å². The van der Waals surface area contributed by atoms with Crippen molar-refractivity contribution in [3.8, 4) is 0 Å². The van der Waals surface area contributed by atoms with Crippen LogP contribution in [0.15, 0.2) is 11.1 Å². The maximum Gasteiger partial charge on any atom is 0.306 e. The Labute approximate surface area is 117 Å². The summed E-state index contributed by atoms with van der Waals surface area (Å²) in [5, 5.41) is 4.15. The van der Waals surface area contributed by atoms with Crippen LogP contribution in [0.3, 0.4) is 0 Å². The second-order valence-electron chi connectivity index (χ2n) is 4.43. The molecule has 5 nitrogen and oxygen atoms in total. The topological polar surface area (TPSA) is 64.1 Å². The predicted octanol–water partition coefficient (Wildman–Crippen LogP) is 2.44. The molecule has 0 aliphatic heterocycles. The zero-order valence-corrected chi connectivity index (χ0v) is 12.1. The van der Waals surface area contributed by atoms with E-state index in [1.807, 2.05) is 13.0 Å². The number of aromatic nitrogens is 2. The van der Waals surface area contributed by atoms with Crippen LogP contribution in [-0.2, 0) is 9.53 Å². The summed E-state index contributed by atoms with van der Waals surface area (Å²) in [5.41, 5.74) is 0. The maximum absolute atomic E-state index is 11.1. The van der Waals surface area contributed by atoms with Gasteiger partial charge >= 0.3 is 5.97 Å². The molecule has 0 unspecified atom stereocenters. The van der Waals surface area contributed by atoms with E-state index in [0.717, 1.165) is 23.2 Å². The van der Waals surface area contributed by atoms with E-state index in [9.17, 15) is 4.79 Å². The minimum absolute atomic E-state index is 0.184. The molecular formula is C13H19N3O2S. The Bertz CT molecular complexity index is 450. The number of nitrogens with zero attached hydrogens (tertiary/aromatic N) is 2. The quantitative estimate of drug-likeness (QED) is 0.470. The fraction of sp³-hybridized carbons (Fsp3) is 0.615. The third kappa shape index (κ3) is 4.38. The molecule has 0 bridgehead atoms. The van der Waals surface area contributed by atoms with Gasteiger partial charge in [0.25, 0.3) is 0 Å². The average Bonchev–Trinajstić information content (AvgIpc) is 3.23. The summed E-state index contributed by atoms with van der Waals surface area (Å²) < 4.78 is 4.63. The van der Waals surface area contributed by atoms with Crippen LogP contribution in [0.4, 0.5) is 5.82 Å². The largest absolute Gasteiger partial charge is 0.469 e. The van der Waals surface area contributed by atoms with Gasteiger partial charge in [0.05, 0.1) is 13.5 Å². The highest BCUT2D eigenvalue weighted by atomic mass is 32.2. The van der Waals surface area contributed by atoms with Crippen molar-refractivity contribution in [1.29, 1.82) is 0 Å². The van der Waals surface area contributed by atoms with Crippen LogP contribution in [0.2, 0.25) is 0 Å². The Morgan fingerprint density at radius 1 is 1.53 bits per heavy atom. The van der Waals surface area contributed by atoms with Crippen LogP contribution in [-0.4, -0.2) is 35.3 Å². The van der Waals surface area contributed by atoms with Crippen molar-refractivity contribution < 1.29 is 9.53 Å². The summed E-state index contributed by atoms with van der Waals surface area (Å²) in [7, 11) is 1.41. The summed E-state index contributed by atoms with van der Waals surface area (Å²) in [6.07, 6.45) is 2.77. The zero-order valence-electron chi connectivity index (χ0n) is 11.3. The third-order valence-electron chi connectivity index (χ3n) is 2.80. The number of carbonyl (C=O) groups excluding carboxylic acids is 1. The molecule has 0 aromatic carbocycles. The van der Waals surface area contributed by atoms with E-state index in [1.54, 1.807) is 11.8 Å². The zero-order chi connectivity index (χ0) is 13.7. The van der Waals surface area contributed by atoms with Gasteiger partial charge in [-0.1, -0.05) is 0 Å². The van der Waals surface area contributed by atoms with Crippen molar-refractivity contribution in [2.45, 2.75) is 37.1 Å². The lowest BCUT2D eigenvalue weighted by Crippen LogP contribution is -2.05. The molecule has 1 fully saturated rings. The predicted molar refractivity (Wildman–Crippen MR) is 75.5 cm³/mol. The van der Waals surface area contributed by atoms with E-state index >= 15 is 0 Å². The van der Waals surface area contributed by atoms with Crippen molar-refractivity contribution in [1.82, 2.24) is 9.97 Å². The lowest BCUT2D eigenvalue weighted by Gasteiger charge is -2.08. The summed E-state index contributed by atoms with van der Waals surface area (Å²) in [5.74, 6) is 2.83. The van der Waals surface area contributed by atoms with Gasteiger partial charge in [-0.05, 0) is 19.8 Å². The Kier molecular flexibility index (Phi) is 5.01. The van der Waals surface area contributed by atoms with Crippen molar-refractivity contribution >= 4 is 23.5 Å². The first-order chi connectivity index (χ1) is 9.22. The van der Waals surface area contributed by atoms with E-state index in [4.69, 9.17) is 0 Å². The van der Waals surface area contributed by atoms with Crippen LogP contribution >= 0.6 is 11.8 Å². The van der Waals surface area contributed by atoms with Crippen LogP contribution in [0.5, 0.6) is 0 Å². The molecule has 2 rings (SSSR count). The molecule has 104 valence electrons. The number of carbonyl (C=O) groups is 1. The number of hydrogen-bond donors (Lipinski definition) is 1. The minimum atomic E-state index is -0.184. The van der Waals surface area contributed by atoms with Crippen LogP contribution in [0, 0.1) is 0 Å². The molecule has 19 heavy (non-hydrogen) atoms. The summed E-state index contributed by atoms with van der Waals surface area (Å²) >= 11 is 1.57. The van der Waals surface area contributed by atoms with E-state index in [-0.39, 0.29) is 5.97 Å². The lowest BCUT2D eigenvalue weighted by molar-refractivity contribution is -0.140. The number of hydrogen-bond acceptors (Lipinski definition) is 6. The van der Waals surface area contributed by atoms with Gasteiger partial charge in [-0.15, -0.1) is 11.8 Å². The van der Waals surface area contributed by atoms with Crippen molar-refractivity contribution in [2.75, 3.05) is 24.7 Å². The normalized spacial score (nSPS) is 14.2. The summed E-state index contributed by atoms with van der Waals surface area (Å²) in [4.78, 5) is 20.2. The molecule has 0 amide bonds. The number of rotatable bonds is 7. The average molecular weight is 281 g/mol. The first-order valence-corrected chi connectivity index (χ1v) is 7.54. The van der Waals surface area contributed by atoms with E-state index in [0.29, 0.717) is 18.1 Å². The minimum Gasteiger partial charge on any atom is -0.469 e. The van der Waals surface area contributed by atoms with E-state index in [2.05, 4.69) is 20.0 Å². The van der Waals surface area contributed by atoms with Gasteiger partial charge in [0.15, 0.2) is 0 Å². The fourth-order valence-corrected chi connectivity index (χ4v) is 2.48. The van der Waals surface area contributed by atoms with Gasteiger partial charge in [0.2, 0.25) is 0 Å². The first kappa shape index (κ1) is 14.1. The monoisotopic (exact) mass is 281 g/mol. The Morgan fingerprint density at radius 2 is 2.32 bits per heavy atom. The fourth-order valence-electron chi connectivity index (χ4n) is 1.65. The van der Waals surface area contributed by atoms with Crippen LogP contribution in [0.25, 0.3) is 0 Å². The molecule has 0 atom stereocenters. The number of anilines is 1. The SMILES string of the molecule is CCNc1cc(SCCC(=O)OC)nc(C2CC2)n1. The number of thioether (sulfide) groups is 1. The molecule has 1 heterocycles. The number of nitrogens with one attached hydrogen (secondary N) is 1. The number of esters is 1. The molecule has 6 heteroatoms. The standard InChI is InChI=1S/C13H19N3O2S/c1-3-14-10-8-11(19-7-6-12(17)18-2)16-13(15-10)9-4-5-9/h8-9H,3-7H2,1-2H3,(H,14,15,16). The Balaban J connectivity index is 1.99. The third-order valence-corrected chi connectivity index (χ3v) is 3.72. The smallest absolute Gasteiger partial charge is 0.306 e. The maximum atomic E-state index is 11.1. The van der Waals surface area contributed by atoms with Gasteiger partial charge in [-0.3, -0.25) is 4.79 Å². The number of ether oxygens (including phenoxy) is 1. The van der Waals surface area contributed by atoms with Gasteiger partial charge in [0.1, 0.15) is 16.7 Å². The second kappa shape index (κ2) is 6.75. The Morgan fingerprint density at radius 3 is 2.95 bits per heavy atom. The van der Waals surface area contributed by atoms with Crippen LogP contribution < -0.4 is 5.32 Å². The van der Waals surface area contributed by atoms with E-state index in [1.165, 1.54) is 20.0 Å². The molecule has 0 spiro atoms. The molecule has 0 saturated heterocycles. The molecule has 1 aliphatic rings. The second-order valence-corrected chi connectivity index (χ2v) is 5.54. The molecule has 1 saturated carbocycles. The van der Waals surface area contributed by atoms with Gasteiger partial charge in [-0.2, -0.15) is 0 Å². The van der Waals surface area contributed by atoms with Crippen molar-refractivity contribution in [3.63, 3.8) is 0 Å². The molecule has 1 aromatic rings. The van der Waals surface area contributed by atoms with Gasteiger partial charge in [0, 0.05) is 24.3 Å². The van der Waals surface area contributed by atoms with Crippen LogP contribution in [0.1, 0.15) is 37.9 Å². The molecular weight excluding hydrogens is 262 g/mol. The van der Waals surface area contributed by atoms with Gasteiger partial charge < -0.3 is 10.1 Å². The lowest BCUT2D eigenvalue weighted by atomic mass is 10.4. The molecule has 1 N–H and O–H groups in total. The molecule has 1 aliphatic carbocycles. The van der Waals surface area contributed by atoms with Gasteiger partial charge in [-0.25, -0.2) is 9.97 Å². The number of methoxy groups -OCH3 is 1. The highest BCUT2D eigenvalue weighted by molar-refractivity contribution is 7.99. The highest BCUT2D eigenvalue weighted by Crippen LogP contribution is 2.39. The first-order valence-electron chi connectivity index (χ1n) is 6.55. The molecule has 1 aromatic heterocycles. The van der Waals surface area contributed by atoms with Crippen molar-refractivity contribution in [2.24, 2.45) is 0 Å². The molecule has 0 radical (unpaired) electrons.